The summed E-state index contributed by atoms with van der Waals surface area (Å²) in [5.41, 5.74) is 2.07. The Hall–Kier alpha value is -0.503. The molecule has 1 nitrogen and oxygen atoms in total. The molecule has 17 heavy (non-hydrogen) atoms. The zero-order valence-electron chi connectivity index (χ0n) is 12.6. The molecule has 0 amide bonds. The molecule has 0 spiro atoms. The molecule has 0 N–H and O–H groups in total. The van der Waals surface area contributed by atoms with E-state index in [4.69, 9.17) is 0 Å². The first-order valence-corrected chi connectivity index (χ1v) is 9.15. The predicted octanol–water partition coefficient (Wildman–Crippen LogP) is 4.60. The summed E-state index contributed by atoms with van der Waals surface area (Å²) in [7, 11) is -0.482. The van der Waals surface area contributed by atoms with Crippen molar-refractivity contribution in [2.45, 2.75) is 66.1 Å². The summed E-state index contributed by atoms with van der Waals surface area (Å²) in [4.78, 5) is 0. The molecule has 1 aliphatic rings. The van der Waals surface area contributed by atoms with E-state index in [-0.39, 0.29) is 5.54 Å². The van der Waals surface area contributed by atoms with Crippen molar-refractivity contribution in [3.05, 3.63) is 23.9 Å². The largest absolute Gasteiger partial charge is 0.395 e. The van der Waals surface area contributed by atoms with Crippen LogP contribution in [0.15, 0.2) is 23.9 Å². The topological polar surface area (TPSA) is 3.24 Å². The lowest BCUT2D eigenvalue weighted by Crippen LogP contribution is -2.58. The van der Waals surface area contributed by atoms with E-state index in [1.807, 2.05) is 0 Å². The van der Waals surface area contributed by atoms with E-state index >= 15 is 0 Å². The molecule has 0 saturated carbocycles. The van der Waals surface area contributed by atoms with Crippen LogP contribution in [0, 0.1) is 5.41 Å². The molecule has 1 aliphatic carbocycles. The van der Waals surface area contributed by atoms with Gasteiger partial charge in [0.05, 0.1) is 0 Å². The van der Waals surface area contributed by atoms with Gasteiger partial charge in [-0.1, -0.05) is 52.9 Å². The third kappa shape index (κ3) is 2.67. The Kier molecular flexibility index (Phi) is 4.29. The Balaban J connectivity index is 3.12. The fourth-order valence-electron chi connectivity index (χ4n) is 2.72. The van der Waals surface area contributed by atoms with Crippen LogP contribution >= 0.6 is 0 Å². The van der Waals surface area contributed by atoms with Gasteiger partial charge in [0.25, 0.3) is 0 Å². The van der Waals surface area contributed by atoms with Gasteiger partial charge in [-0.15, -0.1) is 0 Å². The summed E-state index contributed by atoms with van der Waals surface area (Å²) in [6.07, 6.45) is 9.08. The summed E-state index contributed by atoms with van der Waals surface area (Å²) < 4.78 is 2.73. The molecule has 0 heterocycles. The molecule has 1 atom stereocenters. The molecular formula is C15H28NSi. The maximum atomic E-state index is 2.73. The number of allylic oxidation sites excluding steroid dienone is 3. The van der Waals surface area contributed by atoms with Gasteiger partial charge >= 0.3 is 0 Å². The van der Waals surface area contributed by atoms with Crippen LogP contribution < -0.4 is 0 Å². The van der Waals surface area contributed by atoms with Gasteiger partial charge in [-0.3, -0.25) is 0 Å². The first kappa shape index (κ1) is 14.6. The van der Waals surface area contributed by atoms with Crippen molar-refractivity contribution in [3.8, 4) is 0 Å². The van der Waals surface area contributed by atoms with Crippen LogP contribution in [0.2, 0.25) is 13.1 Å². The van der Waals surface area contributed by atoms with E-state index in [0.717, 1.165) is 6.42 Å². The molecule has 0 aromatic carbocycles. The maximum absolute atomic E-state index is 2.73. The molecule has 0 bridgehead atoms. The first-order valence-electron chi connectivity index (χ1n) is 6.70. The zero-order chi connectivity index (χ0) is 13.3. The van der Waals surface area contributed by atoms with Crippen molar-refractivity contribution in [2.24, 2.45) is 5.41 Å². The quantitative estimate of drug-likeness (QED) is 0.659. The van der Waals surface area contributed by atoms with Crippen molar-refractivity contribution in [3.63, 3.8) is 0 Å². The van der Waals surface area contributed by atoms with Gasteiger partial charge in [0.1, 0.15) is 0 Å². The summed E-state index contributed by atoms with van der Waals surface area (Å²) >= 11 is 0. The Labute approximate surface area is 109 Å². The Morgan fingerprint density at radius 1 is 1.24 bits per heavy atom. The van der Waals surface area contributed by atoms with Crippen molar-refractivity contribution in [2.75, 3.05) is 0 Å². The number of nitrogens with zero attached hydrogens (tertiary/aromatic N) is 1. The van der Waals surface area contributed by atoms with Gasteiger partial charge < -0.3 is 4.57 Å². The second-order valence-electron chi connectivity index (χ2n) is 6.45. The summed E-state index contributed by atoms with van der Waals surface area (Å²) in [6, 6.07) is 0. The standard InChI is InChI=1S/C15H28NSi/c1-8-15(5,14(2,3)4)16(17(6)7)13-11-9-10-12-13/h9-11H,8,12H2,1-7H3. The Morgan fingerprint density at radius 2 is 1.82 bits per heavy atom. The monoisotopic (exact) mass is 250 g/mol. The Bertz CT molecular complexity index is 322. The number of rotatable bonds is 4. The molecule has 0 aromatic rings. The maximum Gasteiger partial charge on any atom is 0.163 e. The van der Waals surface area contributed by atoms with Crippen LogP contribution in [-0.2, 0) is 0 Å². The average molecular weight is 250 g/mol. The summed E-state index contributed by atoms with van der Waals surface area (Å²) in [5, 5.41) is 0. The van der Waals surface area contributed by atoms with E-state index in [1.165, 1.54) is 12.1 Å². The highest BCUT2D eigenvalue weighted by Gasteiger charge is 2.43. The molecule has 1 rings (SSSR count). The van der Waals surface area contributed by atoms with E-state index in [9.17, 15) is 0 Å². The Morgan fingerprint density at radius 3 is 2.12 bits per heavy atom. The van der Waals surface area contributed by atoms with Gasteiger partial charge in [0.2, 0.25) is 0 Å². The van der Waals surface area contributed by atoms with Crippen LogP contribution in [0.1, 0.15) is 47.5 Å². The minimum atomic E-state index is -0.482. The smallest absolute Gasteiger partial charge is 0.163 e. The van der Waals surface area contributed by atoms with Gasteiger partial charge in [-0.05, 0) is 24.8 Å². The number of hydrogen-bond donors (Lipinski definition) is 0. The molecule has 0 fully saturated rings. The fraction of sp³-hybridized carbons (Fsp3) is 0.733. The SMILES string of the molecule is CCC(C)(N(C1=CC=CC1)[Si](C)C)C(C)(C)C. The predicted molar refractivity (Wildman–Crippen MR) is 79.3 cm³/mol. The van der Waals surface area contributed by atoms with E-state index < -0.39 is 8.96 Å². The minimum Gasteiger partial charge on any atom is -0.395 e. The number of hydrogen-bond acceptors (Lipinski definition) is 1. The first-order chi connectivity index (χ1) is 7.74. The van der Waals surface area contributed by atoms with Crippen molar-refractivity contribution in [1.29, 1.82) is 0 Å². The van der Waals surface area contributed by atoms with E-state index in [2.05, 4.69) is 70.5 Å². The molecule has 0 aliphatic heterocycles. The highest BCUT2D eigenvalue weighted by molar-refractivity contribution is 6.53. The second-order valence-corrected chi connectivity index (χ2v) is 8.79. The molecule has 0 aromatic heterocycles. The molecule has 2 heteroatoms. The van der Waals surface area contributed by atoms with Crippen LogP contribution in [0.4, 0.5) is 0 Å². The van der Waals surface area contributed by atoms with Gasteiger partial charge in [-0.2, -0.15) is 0 Å². The lowest BCUT2D eigenvalue weighted by Gasteiger charge is -2.53. The summed E-state index contributed by atoms with van der Waals surface area (Å²) in [6.45, 7) is 16.7. The molecule has 0 saturated heterocycles. The highest BCUT2D eigenvalue weighted by Crippen LogP contribution is 2.42. The van der Waals surface area contributed by atoms with Crippen LogP contribution in [0.3, 0.4) is 0 Å². The molecule has 1 radical (unpaired) electrons. The summed E-state index contributed by atoms with van der Waals surface area (Å²) in [5.74, 6) is 0. The van der Waals surface area contributed by atoms with Gasteiger partial charge in [0, 0.05) is 17.7 Å². The molecular weight excluding hydrogens is 222 g/mol. The third-order valence-corrected chi connectivity index (χ3v) is 5.96. The zero-order valence-corrected chi connectivity index (χ0v) is 13.6. The second kappa shape index (κ2) is 5.01. The highest BCUT2D eigenvalue weighted by atomic mass is 28.3. The minimum absolute atomic E-state index is 0.253. The average Bonchev–Trinajstić information content (AvgIpc) is 2.68. The van der Waals surface area contributed by atoms with Crippen molar-refractivity contribution >= 4 is 8.96 Å². The van der Waals surface area contributed by atoms with E-state index in [1.54, 1.807) is 0 Å². The van der Waals surface area contributed by atoms with Crippen LogP contribution in [-0.4, -0.2) is 19.1 Å². The molecule has 1 unspecified atom stereocenters. The van der Waals surface area contributed by atoms with Crippen molar-refractivity contribution < 1.29 is 0 Å². The van der Waals surface area contributed by atoms with Gasteiger partial charge in [0.15, 0.2) is 8.96 Å². The van der Waals surface area contributed by atoms with E-state index in [0.29, 0.717) is 5.41 Å². The van der Waals surface area contributed by atoms with Crippen LogP contribution in [0.5, 0.6) is 0 Å². The normalized spacial score (nSPS) is 19.4. The molecule has 97 valence electrons. The fourth-order valence-corrected chi connectivity index (χ4v) is 4.94. The lowest BCUT2D eigenvalue weighted by atomic mass is 9.73. The lowest BCUT2D eigenvalue weighted by molar-refractivity contribution is 0.0844. The van der Waals surface area contributed by atoms with Crippen molar-refractivity contribution in [1.82, 2.24) is 4.57 Å². The van der Waals surface area contributed by atoms with Crippen LogP contribution in [0.25, 0.3) is 0 Å². The third-order valence-electron chi connectivity index (χ3n) is 4.28. The van der Waals surface area contributed by atoms with Gasteiger partial charge in [-0.25, -0.2) is 0 Å².